The van der Waals surface area contributed by atoms with E-state index in [1.165, 1.54) is 48.8 Å². The molecule has 3 rings (SSSR count). The normalized spacial score (nSPS) is 11.8. The topological polar surface area (TPSA) is 251 Å². The molecule has 20 heteroatoms. The van der Waals surface area contributed by atoms with Crippen molar-refractivity contribution in [3.63, 3.8) is 0 Å². The van der Waals surface area contributed by atoms with Gasteiger partial charge in [-0.05, 0) is 93.0 Å². The van der Waals surface area contributed by atoms with E-state index in [0.29, 0.717) is 36.3 Å². The predicted molar refractivity (Wildman–Crippen MR) is 219 cm³/mol. The quantitative estimate of drug-likeness (QED) is 0.0581. The maximum Gasteiger partial charge on any atom is 0.329 e. The first-order valence-electron chi connectivity index (χ1n) is 19.6. The number of aliphatic carboxylic acids is 2. The van der Waals surface area contributed by atoms with Gasteiger partial charge in [0.2, 0.25) is 11.9 Å². The van der Waals surface area contributed by atoms with Crippen molar-refractivity contribution in [3.8, 4) is 11.5 Å². The Labute approximate surface area is 354 Å². The van der Waals surface area contributed by atoms with Crippen molar-refractivity contribution < 1.29 is 65.9 Å². The van der Waals surface area contributed by atoms with Gasteiger partial charge in [0.15, 0.2) is 0 Å². The third kappa shape index (κ3) is 19.3. The van der Waals surface area contributed by atoms with Gasteiger partial charge in [0.25, 0.3) is 15.9 Å². The van der Waals surface area contributed by atoms with Gasteiger partial charge in [-0.1, -0.05) is 20.3 Å². The number of halogens is 1. The molecule has 0 aliphatic rings. The number of benzene rings is 2. The fraction of sp³-hybridized carbons (Fsp3) is 0.512. The molecule has 2 amide bonds. The molecule has 0 aliphatic carbocycles. The minimum absolute atomic E-state index is 0.0840. The van der Waals surface area contributed by atoms with Crippen LogP contribution in [-0.2, 0) is 49.8 Å². The summed E-state index contributed by atoms with van der Waals surface area (Å²) in [6.07, 6.45) is 5.62. The number of carbonyl (C=O) groups is 4. The van der Waals surface area contributed by atoms with Gasteiger partial charge >= 0.3 is 11.9 Å². The molecule has 336 valence electrons. The van der Waals surface area contributed by atoms with Crippen LogP contribution in [0, 0.1) is 16.6 Å². The second kappa shape index (κ2) is 24.8. The van der Waals surface area contributed by atoms with Gasteiger partial charge in [-0.2, -0.15) is 0 Å². The number of aryl methyl sites for hydroxylation is 1. The summed E-state index contributed by atoms with van der Waals surface area (Å²) in [5.74, 6) is -2.67. The molecule has 0 fully saturated rings. The molecule has 5 N–H and O–H groups in total. The first-order valence-corrected chi connectivity index (χ1v) is 21.1. The Morgan fingerprint density at radius 1 is 0.754 bits per heavy atom. The molecule has 0 saturated heterocycles. The van der Waals surface area contributed by atoms with Crippen LogP contribution in [0.3, 0.4) is 0 Å². The van der Waals surface area contributed by atoms with Gasteiger partial charge < -0.3 is 44.5 Å². The number of amides is 2. The number of nitrogens with one attached hydrogen (secondary N) is 3. The fourth-order valence-electron chi connectivity index (χ4n) is 6.00. The number of ether oxygens (including phenoxy) is 5. The molecule has 18 nitrogen and oxygen atoms in total. The van der Waals surface area contributed by atoms with Crippen molar-refractivity contribution in [1.29, 1.82) is 0 Å². The lowest BCUT2D eigenvalue weighted by Gasteiger charge is -2.32. The summed E-state index contributed by atoms with van der Waals surface area (Å²) < 4.78 is 69.5. The number of nitrogens with zero attached hydrogens (tertiary/aromatic N) is 2. The number of sulfonamides is 1. The Morgan fingerprint density at radius 2 is 1.34 bits per heavy atom. The van der Waals surface area contributed by atoms with Crippen LogP contribution in [0.1, 0.15) is 69.3 Å². The number of hydrogen-bond acceptors (Lipinski definition) is 13. The van der Waals surface area contributed by atoms with Gasteiger partial charge in [0.05, 0.1) is 55.5 Å². The molecule has 0 unspecified atom stereocenters. The predicted octanol–water partition coefficient (Wildman–Crippen LogP) is 4.45. The number of hydrogen-bond donors (Lipinski definition) is 5. The number of unbranched alkanes of at least 4 members (excludes halogenated alkanes) is 1. The smallest absolute Gasteiger partial charge is 0.329 e. The standard InChI is InChI=1S/C41H56FN5O13S/c1-40(2,28-41(3,4)38(52)53)14-6-5-7-29-23-32(10-13-34(29)42)60-31-8-11-33(12-9-31)61(54,55)47-39-45-24-30(25-46-39)37(51)44-16-18-57-19-21-58-26-35(48)43-15-17-56-20-22-59-27-36(49)50/h8-13,23-25H,5-7,14-22,26-28H2,1-4H3,(H,43,48)(H,44,51)(H,49,50)(H,52,53)(H,45,46,47). The average molecular weight is 878 g/mol. The van der Waals surface area contributed by atoms with Crippen molar-refractivity contribution in [1.82, 2.24) is 20.6 Å². The van der Waals surface area contributed by atoms with E-state index < -0.39 is 39.9 Å². The number of carboxylic acid groups (broad SMARTS) is 2. The van der Waals surface area contributed by atoms with Gasteiger partial charge in [-0.3, -0.25) is 14.4 Å². The summed E-state index contributed by atoms with van der Waals surface area (Å²) in [4.78, 5) is 53.9. The summed E-state index contributed by atoms with van der Waals surface area (Å²) in [6, 6.07) is 9.98. The molecule has 0 aliphatic heterocycles. The largest absolute Gasteiger partial charge is 0.481 e. The van der Waals surface area contributed by atoms with Crippen molar-refractivity contribution in [2.24, 2.45) is 10.8 Å². The lowest BCUT2D eigenvalue weighted by Crippen LogP contribution is -2.31. The molecule has 0 spiro atoms. The van der Waals surface area contributed by atoms with Crippen LogP contribution in [0.5, 0.6) is 11.5 Å². The monoisotopic (exact) mass is 877 g/mol. The number of carbonyl (C=O) groups excluding carboxylic acids is 2. The van der Waals surface area contributed by atoms with Crippen LogP contribution in [0.4, 0.5) is 10.3 Å². The summed E-state index contributed by atoms with van der Waals surface area (Å²) in [7, 11) is -4.11. The molecule has 2 aromatic carbocycles. The molecule has 0 atom stereocenters. The maximum absolute atomic E-state index is 14.6. The van der Waals surface area contributed by atoms with Crippen molar-refractivity contribution >= 4 is 39.7 Å². The number of aromatic nitrogens is 2. The van der Waals surface area contributed by atoms with Crippen LogP contribution in [-0.4, -0.2) is 118 Å². The fourth-order valence-corrected chi connectivity index (χ4v) is 6.96. The summed E-state index contributed by atoms with van der Waals surface area (Å²) >= 11 is 0. The molecule has 0 saturated carbocycles. The summed E-state index contributed by atoms with van der Waals surface area (Å²) in [5, 5.41) is 23.2. The SMILES string of the molecule is CC(C)(CCCCc1cc(Oc2ccc(S(=O)(=O)Nc3ncc(C(=O)NCCOCCOCC(=O)NCCOCCOCC(=O)O)cn3)cc2)ccc1F)CC(C)(C)C(=O)O. The van der Waals surface area contributed by atoms with E-state index in [9.17, 15) is 37.1 Å². The molecule has 3 aromatic rings. The highest BCUT2D eigenvalue weighted by atomic mass is 32.2. The lowest BCUT2D eigenvalue weighted by molar-refractivity contribution is -0.148. The highest BCUT2D eigenvalue weighted by Gasteiger charge is 2.34. The average Bonchev–Trinajstić information content (AvgIpc) is 3.19. The zero-order chi connectivity index (χ0) is 44.9. The van der Waals surface area contributed by atoms with E-state index in [-0.39, 0.29) is 92.9 Å². The zero-order valence-corrected chi connectivity index (χ0v) is 35.7. The summed E-state index contributed by atoms with van der Waals surface area (Å²) in [6.45, 7) is 8.35. The third-order valence-corrected chi connectivity index (χ3v) is 10.2. The molecular formula is C41H56FN5O13S. The first-order chi connectivity index (χ1) is 28.9. The highest BCUT2D eigenvalue weighted by molar-refractivity contribution is 7.92. The molecular weight excluding hydrogens is 822 g/mol. The van der Waals surface area contributed by atoms with Gasteiger partial charge in [-0.15, -0.1) is 0 Å². The van der Waals surface area contributed by atoms with Crippen LogP contribution in [0.15, 0.2) is 59.8 Å². The Kier molecular flexibility index (Phi) is 20.4. The maximum atomic E-state index is 14.6. The van der Waals surface area contributed by atoms with Crippen LogP contribution in [0.2, 0.25) is 0 Å². The number of carboxylic acids is 2. The number of rotatable bonds is 30. The third-order valence-electron chi connectivity index (χ3n) is 8.88. The minimum Gasteiger partial charge on any atom is -0.481 e. The van der Waals surface area contributed by atoms with Crippen molar-refractivity contribution in [3.05, 3.63) is 71.8 Å². The van der Waals surface area contributed by atoms with E-state index in [1.807, 2.05) is 13.8 Å². The lowest BCUT2D eigenvalue weighted by atomic mass is 9.72. The highest BCUT2D eigenvalue weighted by Crippen LogP contribution is 2.38. The van der Waals surface area contributed by atoms with E-state index in [4.69, 9.17) is 28.8 Å². The summed E-state index contributed by atoms with van der Waals surface area (Å²) in [5.41, 5.74) is -0.465. The second-order valence-electron chi connectivity index (χ2n) is 15.3. The molecule has 0 bridgehead atoms. The van der Waals surface area contributed by atoms with E-state index in [1.54, 1.807) is 19.9 Å². The van der Waals surface area contributed by atoms with Crippen LogP contribution < -0.4 is 20.1 Å². The Bertz CT molecular complexity index is 1980. The molecule has 1 aromatic heterocycles. The van der Waals surface area contributed by atoms with Crippen LogP contribution in [0.25, 0.3) is 0 Å². The Hall–Kier alpha value is -5.28. The Morgan fingerprint density at radius 3 is 1.97 bits per heavy atom. The van der Waals surface area contributed by atoms with Crippen LogP contribution >= 0.6 is 0 Å². The molecule has 0 radical (unpaired) electrons. The second-order valence-corrected chi connectivity index (χ2v) is 17.0. The van der Waals surface area contributed by atoms with Gasteiger partial charge in [0, 0.05) is 25.5 Å². The van der Waals surface area contributed by atoms with E-state index in [0.717, 1.165) is 12.8 Å². The minimum atomic E-state index is -4.11. The van der Waals surface area contributed by atoms with Gasteiger partial charge in [0.1, 0.15) is 30.5 Å². The Balaban J connectivity index is 1.33. The van der Waals surface area contributed by atoms with Crippen molar-refractivity contribution in [2.75, 3.05) is 70.7 Å². The van der Waals surface area contributed by atoms with E-state index in [2.05, 4.69) is 25.3 Å². The van der Waals surface area contributed by atoms with E-state index >= 15 is 0 Å². The first kappa shape index (κ1) is 50.1. The molecule has 61 heavy (non-hydrogen) atoms. The zero-order valence-electron chi connectivity index (χ0n) is 34.9. The van der Waals surface area contributed by atoms with Gasteiger partial charge in [-0.25, -0.2) is 32.3 Å². The number of anilines is 1. The molecule has 1 heterocycles. The van der Waals surface area contributed by atoms with Crippen molar-refractivity contribution in [2.45, 2.75) is 64.7 Å².